The molecule has 0 aliphatic carbocycles. The van der Waals surface area contributed by atoms with Gasteiger partial charge in [0.25, 0.3) is 0 Å². The number of nitrogens with zero attached hydrogens (tertiary/aromatic N) is 2. The Kier molecular flexibility index (Phi) is 5.89. The lowest BCUT2D eigenvalue weighted by molar-refractivity contribution is 0.0697. The van der Waals surface area contributed by atoms with E-state index in [0.29, 0.717) is 11.5 Å². The molecular formula is C20H26N2O2S. The fourth-order valence-corrected chi connectivity index (χ4v) is 4.47. The van der Waals surface area contributed by atoms with Crippen molar-refractivity contribution in [2.24, 2.45) is 0 Å². The van der Waals surface area contributed by atoms with Crippen LogP contribution in [0.3, 0.4) is 0 Å². The van der Waals surface area contributed by atoms with Gasteiger partial charge in [-0.15, -0.1) is 11.3 Å². The highest BCUT2D eigenvalue weighted by molar-refractivity contribution is 7.10. The number of carbonyl (C=O) groups is 1. The van der Waals surface area contributed by atoms with Gasteiger partial charge >= 0.3 is 5.97 Å². The molecule has 1 aliphatic rings. The van der Waals surface area contributed by atoms with Gasteiger partial charge in [-0.05, 0) is 74.1 Å². The third-order valence-electron chi connectivity index (χ3n) is 4.72. The summed E-state index contributed by atoms with van der Waals surface area (Å²) in [5.41, 5.74) is 3.01. The molecule has 3 rings (SSSR count). The van der Waals surface area contributed by atoms with Crippen LogP contribution in [0.4, 0.5) is 0 Å². The summed E-state index contributed by atoms with van der Waals surface area (Å²) in [4.78, 5) is 17.2. The summed E-state index contributed by atoms with van der Waals surface area (Å²) in [5, 5.41) is 11.3. The Morgan fingerprint density at radius 3 is 2.76 bits per heavy atom. The molecule has 1 aromatic carbocycles. The van der Waals surface area contributed by atoms with Crippen molar-refractivity contribution < 1.29 is 9.90 Å². The van der Waals surface area contributed by atoms with E-state index in [0.717, 1.165) is 26.2 Å². The Morgan fingerprint density at radius 2 is 2.08 bits per heavy atom. The molecule has 0 saturated carbocycles. The summed E-state index contributed by atoms with van der Waals surface area (Å²) in [6.45, 7) is 4.20. The Bertz CT molecular complexity index is 709. The average Bonchev–Trinajstić information content (AvgIpc) is 3.01. The highest BCUT2D eigenvalue weighted by atomic mass is 32.1. The zero-order valence-corrected chi connectivity index (χ0v) is 15.8. The fourth-order valence-electron chi connectivity index (χ4n) is 3.55. The van der Waals surface area contributed by atoms with Crippen molar-refractivity contribution in [3.63, 3.8) is 0 Å². The van der Waals surface area contributed by atoms with Crippen LogP contribution < -0.4 is 0 Å². The summed E-state index contributed by atoms with van der Waals surface area (Å²) in [6.07, 6.45) is 2.38. The highest BCUT2D eigenvalue weighted by Crippen LogP contribution is 2.29. The molecule has 2 aromatic rings. The Morgan fingerprint density at radius 1 is 1.32 bits per heavy atom. The summed E-state index contributed by atoms with van der Waals surface area (Å²) in [5.74, 6) is -0.360. The Hall–Kier alpha value is -1.69. The molecule has 1 atom stereocenters. The molecule has 0 amide bonds. The molecule has 1 N–H and O–H groups in total. The second kappa shape index (κ2) is 8.13. The van der Waals surface area contributed by atoms with Crippen LogP contribution >= 0.6 is 11.3 Å². The molecule has 25 heavy (non-hydrogen) atoms. The molecule has 0 radical (unpaired) electrons. The second-order valence-corrected chi connectivity index (χ2v) is 8.16. The van der Waals surface area contributed by atoms with E-state index in [1.54, 1.807) is 12.1 Å². The first kappa shape index (κ1) is 18.1. The molecule has 1 aliphatic heterocycles. The molecule has 134 valence electrons. The minimum Gasteiger partial charge on any atom is -0.478 e. The van der Waals surface area contributed by atoms with E-state index >= 15 is 0 Å². The summed E-state index contributed by atoms with van der Waals surface area (Å²) < 4.78 is 0. The number of thiophene rings is 1. The third-order valence-corrected chi connectivity index (χ3v) is 5.69. The number of piperidine rings is 1. The van der Waals surface area contributed by atoms with Gasteiger partial charge in [0.05, 0.1) is 5.56 Å². The quantitative estimate of drug-likeness (QED) is 0.851. The van der Waals surface area contributed by atoms with Crippen molar-refractivity contribution in [3.05, 3.63) is 57.3 Å². The Balaban J connectivity index is 1.61. The molecule has 1 unspecified atom stereocenters. The van der Waals surface area contributed by atoms with Crippen molar-refractivity contribution >= 4 is 17.3 Å². The van der Waals surface area contributed by atoms with Crippen LogP contribution in [0.5, 0.6) is 0 Å². The first-order valence-electron chi connectivity index (χ1n) is 8.78. The molecule has 1 fully saturated rings. The maximum absolute atomic E-state index is 11.0. The normalized spacial score (nSPS) is 18.6. The average molecular weight is 359 g/mol. The SMILES string of the molecule is CN(C)Cc1csc(CN2CCCC(c3ccc(C(=O)O)cc3)C2)c1. The standard InChI is InChI=1S/C20H26N2O2S/c1-21(2)11-15-10-19(25-14-15)13-22-9-3-4-18(12-22)16-5-7-17(8-6-16)20(23)24/h5-8,10,14,18H,3-4,9,11-13H2,1-2H3,(H,23,24). The highest BCUT2D eigenvalue weighted by Gasteiger charge is 2.22. The van der Waals surface area contributed by atoms with Crippen LogP contribution in [0.15, 0.2) is 35.7 Å². The second-order valence-electron chi connectivity index (χ2n) is 7.16. The van der Waals surface area contributed by atoms with E-state index < -0.39 is 5.97 Å². The lowest BCUT2D eigenvalue weighted by Crippen LogP contribution is -2.33. The lowest BCUT2D eigenvalue weighted by Gasteiger charge is -2.32. The summed E-state index contributed by atoms with van der Waals surface area (Å²) >= 11 is 1.85. The predicted molar refractivity (Wildman–Crippen MR) is 102 cm³/mol. The monoisotopic (exact) mass is 358 g/mol. The van der Waals surface area contributed by atoms with E-state index in [9.17, 15) is 4.79 Å². The topological polar surface area (TPSA) is 43.8 Å². The van der Waals surface area contributed by atoms with E-state index in [4.69, 9.17) is 5.11 Å². The van der Waals surface area contributed by atoms with Crippen molar-refractivity contribution in [3.8, 4) is 0 Å². The molecule has 1 aromatic heterocycles. The minimum atomic E-state index is -0.858. The zero-order valence-electron chi connectivity index (χ0n) is 14.9. The number of hydrogen-bond acceptors (Lipinski definition) is 4. The van der Waals surface area contributed by atoms with Crippen molar-refractivity contribution in [1.29, 1.82) is 0 Å². The molecular weight excluding hydrogens is 332 g/mol. The number of carboxylic acids is 1. The van der Waals surface area contributed by atoms with Gasteiger partial charge in [0.1, 0.15) is 0 Å². The van der Waals surface area contributed by atoms with Crippen molar-refractivity contribution in [2.45, 2.75) is 31.8 Å². The van der Waals surface area contributed by atoms with E-state index in [-0.39, 0.29) is 0 Å². The molecule has 0 bridgehead atoms. The van der Waals surface area contributed by atoms with Gasteiger partial charge < -0.3 is 10.0 Å². The van der Waals surface area contributed by atoms with Gasteiger partial charge in [-0.25, -0.2) is 4.79 Å². The maximum Gasteiger partial charge on any atom is 0.335 e. The van der Waals surface area contributed by atoms with Gasteiger partial charge in [-0.3, -0.25) is 4.90 Å². The number of benzene rings is 1. The largest absolute Gasteiger partial charge is 0.478 e. The first-order chi connectivity index (χ1) is 12.0. The van der Waals surface area contributed by atoms with E-state index in [1.807, 2.05) is 23.5 Å². The molecule has 4 nitrogen and oxygen atoms in total. The van der Waals surface area contributed by atoms with Gasteiger partial charge in [-0.2, -0.15) is 0 Å². The third kappa shape index (κ3) is 4.91. The van der Waals surface area contributed by atoms with Crippen molar-refractivity contribution in [1.82, 2.24) is 9.80 Å². The van der Waals surface area contributed by atoms with Gasteiger partial charge in [0.2, 0.25) is 0 Å². The molecule has 2 heterocycles. The van der Waals surface area contributed by atoms with E-state index in [2.05, 4.69) is 35.3 Å². The summed E-state index contributed by atoms with van der Waals surface area (Å²) in [6, 6.07) is 9.75. The summed E-state index contributed by atoms with van der Waals surface area (Å²) in [7, 11) is 4.20. The van der Waals surface area contributed by atoms with Crippen LogP contribution in [-0.4, -0.2) is 48.1 Å². The molecule has 0 spiro atoms. The number of carboxylic acid groups (broad SMARTS) is 1. The van der Waals surface area contributed by atoms with Crippen LogP contribution in [0.25, 0.3) is 0 Å². The van der Waals surface area contributed by atoms with E-state index in [1.165, 1.54) is 28.8 Å². The lowest BCUT2D eigenvalue weighted by atomic mass is 9.90. The van der Waals surface area contributed by atoms with Crippen LogP contribution in [0.2, 0.25) is 0 Å². The minimum absolute atomic E-state index is 0.364. The van der Waals surface area contributed by atoms with Gasteiger partial charge in [-0.1, -0.05) is 12.1 Å². The fraction of sp³-hybridized carbons (Fsp3) is 0.450. The Labute approximate surface area is 153 Å². The van der Waals surface area contributed by atoms with Crippen LogP contribution in [0, 0.1) is 0 Å². The first-order valence-corrected chi connectivity index (χ1v) is 9.66. The van der Waals surface area contributed by atoms with Gasteiger partial charge in [0.15, 0.2) is 0 Å². The number of aromatic carboxylic acids is 1. The maximum atomic E-state index is 11.0. The van der Waals surface area contributed by atoms with Crippen molar-refractivity contribution in [2.75, 3.05) is 27.2 Å². The molecule has 1 saturated heterocycles. The van der Waals surface area contributed by atoms with Crippen LogP contribution in [0.1, 0.15) is 45.1 Å². The van der Waals surface area contributed by atoms with Gasteiger partial charge in [0, 0.05) is 24.5 Å². The number of likely N-dealkylation sites (tertiary alicyclic amines) is 1. The van der Waals surface area contributed by atoms with Crippen LogP contribution in [-0.2, 0) is 13.1 Å². The smallest absolute Gasteiger partial charge is 0.335 e. The predicted octanol–water partition coefficient (Wildman–Crippen LogP) is 3.89. The molecule has 5 heteroatoms. The zero-order chi connectivity index (χ0) is 17.8. The number of hydrogen-bond donors (Lipinski definition) is 1. The number of rotatable bonds is 6.